The van der Waals surface area contributed by atoms with Crippen molar-refractivity contribution in [1.29, 1.82) is 0 Å². The van der Waals surface area contributed by atoms with Gasteiger partial charge in [0.25, 0.3) is 0 Å². The van der Waals surface area contributed by atoms with E-state index in [1.165, 1.54) is 7.11 Å². The third-order valence-electron chi connectivity index (χ3n) is 4.75. The van der Waals surface area contributed by atoms with Crippen LogP contribution >= 0.6 is 11.6 Å². The standard InChI is InChI=1S/C15H18ClNO4S/c1-21-13-3-2-10(8-12(13)16)17-14(18)11-9-15(11)4-6-22(19,20)7-5-15/h2-3,8,11H,4-7,9H2,1H3,(H,17,18)/t11-/m1/s1. The molecule has 7 heteroatoms. The van der Waals surface area contributed by atoms with E-state index in [1.807, 2.05) is 0 Å². The first kappa shape index (κ1) is 15.6. The van der Waals surface area contributed by atoms with E-state index in [-0.39, 0.29) is 28.7 Å². The van der Waals surface area contributed by atoms with Crippen molar-refractivity contribution in [3.8, 4) is 5.75 Å². The Balaban J connectivity index is 1.63. The van der Waals surface area contributed by atoms with Crippen molar-refractivity contribution < 1.29 is 17.9 Å². The molecule has 1 aromatic carbocycles. The Morgan fingerprint density at radius 3 is 2.64 bits per heavy atom. The fourth-order valence-corrected chi connectivity index (χ4v) is 5.09. The van der Waals surface area contributed by atoms with Gasteiger partial charge in [-0.1, -0.05) is 11.6 Å². The van der Waals surface area contributed by atoms with Gasteiger partial charge >= 0.3 is 0 Å². The first-order valence-electron chi connectivity index (χ1n) is 7.20. The normalized spacial score (nSPS) is 24.7. The lowest BCUT2D eigenvalue weighted by Gasteiger charge is -2.22. The molecular weight excluding hydrogens is 326 g/mol. The van der Waals surface area contributed by atoms with Gasteiger partial charge in [0.05, 0.1) is 23.6 Å². The van der Waals surface area contributed by atoms with Crippen molar-refractivity contribution in [2.75, 3.05) is 23.9 Å². The van der Waals surface area contributed by atoms with E-state index in [4.69, 9.17) is 16.3 Å². The number of benzene rings is 1. The Labute approximate surface area is 134 Å². The summed E-state index contributed by atoms with van der Waals surface area (Å²) in [5.41, 5.74) is 0.521. The molecule has 1 saturated carbocycles. The van der Waals surface area contributed by atoms with Crippen molar-refractivity contribution in [3.05, 3.63) is 23.2 Å². The van der Waals surface area contributed by atoms with Gasteiger partial charge in [0, 0.05) is 11.6 Å². The second-order valence-electron chi connectivity index (χ2n) is 6.11. The van der Waals surface area contributed by atoms with Crippen LogP contribution in [0.4, 0.5) is 5.69 Å². The third kappa shape index (κ3) is 2.94. The lowest BCUT2D eigenvalue weighted by atomic mass is 9.96. The molecule has 0 unspecified atom stereocenters. The highest BCUT2D eigenvalue weighted by Gasteiger charge is 2.59. The maximum absolute atomic E-state index is 12.3. The smallest absolute Gasteiger partial charge is 0.228 e. The first-order valence-corrected chi connectivity index (χ1v) is 9.40. The topological polar surface area (TPSA) is 72.5 Å². The average molecular weight is 344 g/mol. The van der Waals surface area contributed by atoms with Gasteiger partial charge in [-0.05, 0) is 42.9 Å². The Morgan fingerprint density at radius 2 is 2.05 bits per heavy atom. The summed E-state index contributed by atoms with van der Waals surface area (Å²) in [6.07, 6.45) is 1.96. The Hall–Kier alpha value is -1.27. The largest absolute Gasteiger partial charge is 0.495 e. The molecule has 1 aliphatic heterocycles. The monoisotopic (exact) mass is 343 g/mol. The summed E-state index contributed by atoms with van der Waals surface area (Å²) in [6, 6.07) is 5.09. The number of sulfone groups is 1. The molecule has 1 heterocycles. The fraction of sp³-hybridized carbons (Fsp3) is 0.533. The van der Waals surface area contributed by atoms with E-state index < -0.39 is 9.84 Å². The predicted molar refractivity (Wildman–Crippen MR) is 85.1 cm³/mol. The molecule has 1 aromatic rings. The number of methoxy groups -OCH3 is 1. The number of hydrogen-bond acceptors (Lipinski definition) is 4. The summed E-state index contributed by atoms with van der Waals surface area (Å²) < 4.78 is 28.1. The van der Waals surface area contributed by atoms with Gasteiger partial charge in [-0.3, -0.25) is 4.79 Å². The summed E-state index contributed by atoms with van der Waals surface area (Å²) in [5, 5.41) is 3.30. The number of rotatable bonds is 3. The molecule has 22 heavy (non-hydrogen) atoms. The van der Waals surface area contributed by atoms with Crippen molar-refractivity contribution in [2.24, 2.45) is 11.3 Å². The fourth-order valence-electron chi connectivity index (χ4n) is 3.19. The number of halogens is 1. The molecule has 1 amide bonds. The van der Waals surface area contributed by atoms with Crippen LogP contribution in [0.2, 0.25) is 5.02 Å². The first-order chi connectivity index (χ1) is 10.4. The maximum atomic E-state index is 12.3. The number of carbonyl (C=O) groups excluding carboxylic acids is 1. The SMILES string of the molecule is COc1ccc(NC(=O)[C@H]2CC23CCS(=O)(=O)CC3)cc1Cl. The number of anilines is 1. The molecule has 0 bridgehead atoms. The molecule has 1 atom stereocenters. The van der Waals surface area contributed by atoms with E-state index in [1.54, 1.807) is 18.2 Å². The number of nitrogens with one attached hydrogen (secondary N) is 1. The minimum atomic E-state index is -2.90. The van der Waals surface area contributed by atoms with Crippen LogP contribution in [-0.4, -0.2) is 32.9 Å². The predicted octanol–water partition coefficient (Wildman–Crippen LogP) is 2.50. The van der Waals surface area contributed by atoms with E-state index in [2.05, 4.69) is 5.32 Å². The van der Waals surface area contributed by atoms with E-state index >= 15 is 0 Å². The lowest BCUT2D eigenvalue weighted by Crippen LogP contribution is -2.28. The molecule has 2 aliphatic rings. The van der Waals surface area contributed by atoms with Crippen LogP contribution in [0.1, 0.15) is 19.3 Å². The van der Waals surface area contributed by atoms with E-state index in [0.717, 1.165) is 6.42 Å². The van der Waals surface area contributed by atoms with Gasteiger partial charge in [-0.15, -0.1) is 0 Å². The van der Waals surface area contributed by atoms with Crippen LogP contribution < -0.4 is 10.1 Å². The summed E-state index contributed by atoms with van der Waals surface area (Å²) in [5.74, 6) is 0.806. The summed E-state index contributed by atoms with van der Waals surface area (Å²) >= 11 is 6.04. The maximum Gasteiger partial charge on any atom is 0.228 e. The van der Waals surface area contributed by atoms with Crippen LogP contribution in [0.3, 0.4) is 0 Å². The second-order valence-corrected chi connectivity index (χ2v) is 8.82. The van der Waals surface area contributed by atoms with Gasteiger partial charge in [-0.25, -0.2) is 8.42 Å². The van der Waals surface area contributed by atoms with Gasteiger partial charge in [0.15, 0.2) is 0 Å². The van der Waals surface area contributed by atoms with E-state index in [9.17, 15) is 13.2 Å². The molecule has 0 radical (unpaired) electrons. The zero-order valence-corrected chi connectivity index (χ0v) is 13.8. The minimum absolute atomic E-state index is 0.0551. The third-order valence-corrected chi connectivity index (χ3v) is 6.70. The van der Waals surface area contributed by atoms with Crippen molar-refractivity contribution in [3.63, 3.8) is 0 Å². The molecule has 5 nitrogen and oxygen atoms in total. The highest BCUT2D eigenvalue weighted by molar-refractivity contribution is 7.91. The molecule has 1 N–H and O–H groups in total. The molecule has 120 valence electrons. The molecule has 2 fully saturated rings. The number of carbonyl (C=O) groups is 1. The van der Waals surface area contributed by atoms with Crippen molar-refractivity contribution in [2.45, 2.75) is 19.3 Å². The van der Waals surface area contributed by atoms with Crippen LogP contribution in [0.15, 0.2) is 18.2 Å². The van der Waals surface area contributed by atoms with Crippen LogP contribution in [0.25, 0.3) is 0 Å². The van der Waals surface area contributed by atoms with Gasteiger partial charge in [0.2, 0.25) is 5.91 Å². The Kier molecular flexibility index (Phi) is 3.85. The quantitative estimate of drug-likeness (QED) is 0.915. The molecule has 1 aliphatic carbocycles. The minimum Gasteiger partial charge on any atom is -0.495 e. The van der Waals surface area contributed by atoms with Crippen molar-refractivity contribution in [1.82, 2.24) is 0 Å². The second kappa shape index (κ2) is 5.42. The lowest BCUT2D eigenvalue weighted by molar-refractivity contribution is -0.118. The average Bonchev–Trinajstić information content (AvgIpc) is 3.18. The van der Waals surface area contributed by atoms with Crippen LogP contribution in [-0.2, 0) is 14.6 Å². The molecular formula is C15H18ClNO4S. The molecule has 0 aromatic heterocycles. The van der Waals surface area contributed by atoms with Gasteiger partial charge in [0.1, 0.15) is 15.6 Å². The summed E-state index contributed by atoms with van der Waals surface area (Å²) in [6.45, 7) is 0. The van der Waals surface area contributed by atoms with E-state index in [0.29, 0.717) is 29.3 Å². The Morgan fingerprint density at radius 1 is 1.36 bits per heavy atom. The highest BCUT2D eigenvalue weighted by Crippen LogP contribution is 2.60. The molecule has 1 spiro atoms. The van der Waals surface area contributed by atoms with Crippen LogP contribution in [0.5, 0.6) is 5.75 Å². The molecule has 3 rings (SSSR count). The Bertz CT molecular complexity index is 702. The summed E-state index contributed by atoms with van der Waals surface area (Å²) in [7, 11) is -1.37. The van der Waals surface area contributed by atoms with Crippen LogP contribution in [0, 0.1) is 11.3 Å². The zero-order valence-electron chi connectivity index (χ0n) is 12.3. The number of hydrogen-bond donors (Lipinski definition) is 1. The van der Waals surface area contributed by atoms with Gasteiger partial charge < -0.3 is 10.1 Å². The summed E-state index contributed by atoms with van der Waals surface area (Å²) in [4.78, 5) is 12.3. The zero-order chi connectivity index (χ0) is 16.0. The number of amides is 1. The van der Waals surface area contributed by atoms with Crippen molar-refractivity contribution >= 4 is 33.0 Å². The molecule has 1 saturated heterocycles. The highest BCUT2D eigenvalue weighted by atomic mass is 35.5. The number of ether oxygens (including phenoxy) is 1. The van der Waals surface area contributed by atoms with Gasteiger partial charge in [-0.2, -0.15) is 0 Å².